The monoisotopic (exact) mass is 204 g/mol. The van der Waals surface area contributed by atoms with Gasteiger partial charge in [-0.15, -0.1) is 0 Å². The third-order valence-electron chi connectivity index (χ3n) is 2.01. The van der Waals surface area contributed by atoms with E-state index in [2.05, 4.69) is 10.1 Å². The van der Waals surface area contributed by atoms with Crippen molar-refractivity contribution in [2.45, 2.75) is 20.5 Å². The summed E-state index contributed by atoms with van der Waals surface area (Å²) in [5.41, 5.74) is 1.66. The van der Waals surface area contributed by atoms with Crippen LogP contribution in [0.25, 0.3) is 0 Å². The molecule has 0 radical (unpaired) electrons. The van der Waals surface area contributed by atoms with E-state index in [-0.39, 0.29) is 0 Å². The molecule has 0 aromatic carbocycles. The molecule has 2 aromatic heterocycles. The minimum Gasteiger partial charge on any atom is -0.485 e. The van der Waals surface area contributed by atoms with Crippen molar-refractivity contribution in [3.8, 4) is 5.75 Å². The molecule has 0 unspecified atom stereocenters. The summed E-state index contributed by atoms with van der Waals surface area (Å²) in [7, 11) is 0. The zero-order valence-electron chi connectivity index (χ0n) is 8.73. The molecule has 0 atom stereocenters. The Morgan fingerprint density at radius 1 is 1.40 bits per heavy atom. The first-order chi connectivity index (χ1) is 7.25. The average Bonchev–Trinajstić information content (AvgIpc) is 2.63. The van der Waals surface area contributed by atoms with Crippen LogP contribution < -0.4 is 4.74 Å². The molecule has 0 fully saturated rings. The first kappa shape index (κ1) is 9.71. The van der Waals surface area contributed by atoms with E-state index in [1.165, 1.54) is 0 Å². The number of hydrogen-bond acceptors (Lipinski definition) is 4. The van der Waals surface area contributed by atoms with Crippen LogP contribution in [0.1, 0.15) is 17.1 Å². The largest absolute Gasteiger partial charge is 0.485 e. The number of pyridine rings is 1. The van der Waals surface area contributed by atoms with Crippen LogP contribution in [-0.4, -0.2) is 10.1 Å². The molecule has 0 spiro atoms. The summed E-state index contributed by atoms with van der Waals surface area (Å²) in [6, 6.07) is 5.58. The maximum Gasteiger partial charge on any atom is 0.141 e. The van der Waals surface area contributed by atoms with Crippen molar-refractivity contribution in [2.75, 3.05) is 0 Å². The van der Waals surface area contributed by atoms with Crippen LogP contribution in [0.3, 0.4) is 0 Å². The van der Waals surface area contributed by atoms with Crippen LogP contribution in [0.5, 0.6) is 5.75 Å². The fourth-order valence-corrected chi connectivity index (χ4v) is 1.26. The Labute approximate surface area is 87.9 Å². The molecule has 2 heterocycles. The van der Waals surface area contributed by atoms with E-state index in [0.29, 0.717) is 6.61 Å². The van der Waals surface area contributed by atoms with Crippen molar-refractivity contribution in [3.63, 3.8) is 0 Å². The Kier molecular flexibility index (Phi) is 2.67. The predicted octanol–water partition coefficient (Wildman–Crippen LogP) is 2.27. The maximum absolute atomic E-state index is 5.55. The van der Waals surface area contributed by atoms with Crippen molar-refractivity contribution in [3.05, 3.63) is 41.5 Å². The highest BCUT2D eigenvalue weighted by Crippen LogP contribution is 2.15. The van der Waals surface area contributed by atoms with Gasteiger partial charge >= 0.3 is 0 Å². The van der Waals surface area contributed by atoms with Crippen LogP contribution in [0, 0.1) is 13.8 Å². The zero-order chi connectivity index (χ0) is 10.7. The van der Waals surface area contributed by atoms with Crippen molar-refractivity contribution in [1.29, 1.82) is 0 Å². The van der Waals surface area contributed by atoms with E-state index in [0.717, 1.165) is 22.9 Å². The molecular formula is C11H12N2O2. The van der Waals surface area contributed by atoms with Gasteiger partial charge < -0.3 is 9.26 Å². The van der Waals surface area contributed by atoms with Gasteiger partial charge in [-0.25, -0.2) is 0 Å². The lowest BCUT2D eigenvalue weighted by Gasteiger charge is -2.05. The van der Waals surface area contributed by atoms with Crippen LogP contribution in [0.2, 0.25) is 0 Å². The summed E-state index contributed by atoms with van der Waals surface area (Å²) in [5, 5.41) is 3.84. The molecule has 2 rings (SSSR count). The lowest BCUT2D eigenvalue weighted by molar-refractivity contribution is 0.285. The van der Waals surface area contributed by atoms with E-state index >= 15 is 0 Å². The average molecular weight is 204 g/mol. The second kappa shape index (κ2) is 4.13. The van der Waals surface area contributed by atoms with Gasteiger partial charge in [-0.05, 0) is 26.0 Å². The molecule has 0 aliphatic rings. The molecule has 0 N–H and O–H groups in total. The summed E-state index contributed by atoms with van der Waals surface area (Å²) < 4.78 is 10.5. The van der Waals surface area contributed by atoms with Gasteiger partial charge in [-0.3, -0.25) is 4.98 Å². The first-order valence-corrected chi connectivity index (χ1v) is 4.72. The van der Waals surface area contributed by atoms with E-state index in [9.17, 15) is 0 Å². The van der Waals surface area contributed by atoms with Gasteiger partial charge in [-0.1, -0.05) is 5.16 Å². The first-order valence-electron chi connectivity index (χ1n) is 4.72. The van der Waals surface area contributed by atoms with Crippen LogP contribution >= 0.6 is 0 Å². The summed E-state index contributed by atoms with van der Waals surface area (Å²) in [5.74, 6) is 1.56. The molecule has 0 amide bonds. The Morgan fingerprint density at radius 2 is 2.27 bits per heavy atom. The highest BCUT2D eigenvalue weighted by molar-refractivity contribution is 5.25. The highest BCUT2D eigenvalue weighted by Gasteiger charge is 2.03. The topological polar surface area (TPSA) is 48.2 Å². The fourth-order valence-electron chi connectivity index (χ4n) is 1.26. The maximum atomic E-state index is 5.55. The fraction of sp³-hybridized carbons (Fsp3) is 0.273. The Hall–Kier alpha value is -1.84. The minimum absolute atomic E-state index is 0.407. The number of aromatic nitrogens is 2. The zero-order valence-corrected chi connectivity index (χ0v) is 8.73. The van der Waals surface area contributed by atoms with Gasteiger partial charge in [0.25, 0.3) is 0 Å². The molecule has 2 aromatic rings. The number of nitrogens with zero attached hydrogens (tertiary/aromatic N) is 2. The molecule has 4 heteroatoms. The summed E-state index contributed by atoms with van der Waals surface area (Å²) in [6.45, 7) is 4.17. The SMILES string of the molecule is Cc1cc(COc2cccnc2C)no1. The van der Waals surface area contributed by atoms with Gasteiger partial charge in [0.2, 0.25) is 0 Å². The number of rotatable bonds is 3. The third-order valence-corrected chi connectivity index (χ3v) is 2.01. The summed E-state index contributed by atoms with van der Waals surface area (Å²) >= 11 is 0. The van der Waals surface area contributed by atoms with E-state index in [4.69, 9.17) is 9.26 Å². The highest BCUT2D eigenvalue weighted by atomic mass is 16.5. The molecule has 4 nitrogen and oxygen atoms in total. The van der Waals surface area contributed by atoms with E-state index in [1.54, 1.807) is 6.20 Å². The van der Waals surface area contributed by atoms with E-state index in [1.807, 2.05) is 32.0 Å². The molecule has 78 valence electrons. The van der Waals surface area contributed by atoms with Gasteiger partial charge in [0.15, 0.2) is 0 Å². The Bertz CT molecular complexity index is 451. The van der Waals surface area contributed by atoms with Gasteiger partial charge in [0.1, 0.15) is 23.8 Å². The summed E-state index contributed by atoms with van der Waals surface area (Å²) in [4.78, 5) is 4.13. The molecule has 0 saturated heterocycles. The van der Waals surface area contributed by atoms with Gasteiger partial charge in [0, 0.05) is 12.3 Å². The normalized spacial score (nSPS) is 10.3. The molecular weight excluding hydrogens is 192 g/mol. The van der Waals surface area contributed by atoms with Crippen LogP contribution in [0.15, 0.2) is 28.9 Å². The second-order valence-corrected chi connectivity index (χ2v) is 3.30. The van der Waals surface area contributed by atoms with Crippen LogP contribution in [0.4, 0.5) is 0 Å². The Balaban J connectivity index is 2.02. The van der Waals surface area contributed by atoms with Gasteiger partial charge in [0.05, 0.1) is 5.69 Å². The summed E-state index contributed by atoms with van der Waals surface area (Å²) in [6.07, 6.45) is 1.74. The molecule has 0 bridgehead atoms. The van der Waals surface area contributed by atoms with Crippen molar-refractivity contribution < 1.29 is 9.26 Å². The van der Waals surface area contributed by atoms with Crippen molar-refractivity contribution in [2.24, 2.45) is 0 Å². The predicted molar refractivity (Wildman–Crippen MR) is 54.5 cm³/mol. The minimum atomic E-state index is 0.407. The number of ether oxygens (including phenoxy) is 1. The lowest BCUT2D eigenvalue weighted by atomic mass is 10.3. The van der Waals surface area contributed by atoms with Gasteiger partial charge in [-0.2, -0.15) is 0 Å². The van der Waals surface area contributed by atoms with Crippen molar-refractivity contribution in [1.82, 2.24) is 10.1 Å². The quantitative estimate of drug-likeness (QED) is 0.769. The standard InChI is InChI=1S/C11H12N2O2/c1-8-6-10(13-15-8)7-14-11-4-3-5-12-9(11)2/h3-6H,7H2,1-2H3. The van der Waals surface area contributed by atoms with Crippen molar-refractivity contribution >= 4 is 0 Å². The Morgan fingerprint density at radius 3 is 2.93 bits per heavy atom. The molecule has 0 aliphatic heterocycles. The molecule has 0 saturated carbocycles. The number of hydrogen-bond donors (Lipinski definition) is 0. The number of aryl methyl sites for hydroxylation is 2. The lowest BCUT2D eigenvalue weighted by Crippen LogP contribution is -1.97. The van der Waals surface area contributed by atoms with Crippen LogP contribution in [-0.2, 0) is 6.61 Å². The smallest absolute Gasteiger partial charge is 0.141 e. The molecule has 15 heavy (non-hydrogen) atoms. The molecule has 0 aliphatic carbocycles. The third kappa shape index (κ3) is 2.34. The second-order valence-electron chi connectivity index (χ2n) is 3.30. The van der Waals surface area contributed by atoms with E-state index < -0.39 is 0 Å².